The summed E-state index contributed by atoms with van der Waals surface area (Å²) in [5, 5.41) is 22.3. The molecule has 0 aromatic heterocycles. The van der Waals surface area contributed by atoms with Gasteiger partial charge in [-0.25, -0.2) is 4.79 Å². The number of aliphatic carboxylic acids is 1. The van der Waals surface area contributed by atoms with Gasteiger partial charge in [-0.3, -0.25) is 4.79 Å². The van der Waals surface area contributed by atoms with E-state index in [0.717, 1.165) is 12.8 Å². The molecule has 5 heteroatoms. The predicted molar refractivity (Wildman–Crippen MR) is 84.3 cm³/mol. The van der Waals surface area contributed by atoms with Crippen molar-refractivity contribution in [2.24, 2.45) is 0 Å². The number of carbonyl (C=O) groups is 2. The molecule has 0 aliphatic rings. The highest BCUT2D eigenvalue weighted by molar-refractivity contribution is 5.85. The zero-order valence-corrected chi connectivity index (χ0v) is 13.2. The average molecular weight is 307 g/mol. The van der Waals surface area contributed by atoms with Crippen molar-refractivity contribution in [3.05, 3.63) is 35.9 Å². The number of carboxylic acid groups (broad SMARTS) is 1. The predicted octanol–water partition coefficient (Wildman–Crippen LogP) is 2.65. The summed E-state index contributed by atoms with van der Waals surface area (Å²) >= 11 is 0. The molecule has 5 nitrogen and oxygen atoms in total. The maximum absolute atomic E-state index is 12.2. The summed E-state index contributed by atoms with van der Waals surface area (Å²) in [6.07, 6.45) is 2.51. The van der Waals surface area contributed by atoms with Gasteiger partial charge in [-0.1, -0.05) is 57.0 Å². The summed E-state index contributed by atoms with van der Waals surface area (Å²) in [4.78, 5) is 23.5. The minimum Gasteiger partial charge on any atom is -0.479 e. The van der Waals surface area contributed by atoms with E-state index in [4.69, 9.17) is 0 Å². The molecule has 0 spiro atoms. The fraction of sp³-hybridized carbons (Fsp3) is 0.529. The number of benzene rings is 1. The summed E-state index contributed by atoms with van der Waals surface area (Å²) in [5.74, 6) is -1.56. The van der Waals surface area contributed by atoms with E-state index >= 15 is 0 Å². The third kappa shape index (κ3) is 5.48. The van der Waals surface area contributed by atoms with E-state index < -0.39 is 23.5 Å². The zero-order valence-electron chi connectivity index (χ0n) is 13.2. The molecule has 1 atom stereocenters. The van der Waals surface area contributed by atoms with Crippen LogP contribution in [0.15, 0.2) is 30.3 Å². The highest BCUT2D eigenvalue weighted by atomic mass is 16.4. The molecule has 1 rings (SSSR count). The van der Waals surface area contributed by atoms with Gasteiger partial charge in [-0.15, -0.1) is 0 Å². The van der Waals surface area contributed by atoms with Gasteiger partial charge in [-0.05, 0) is 18.4 Å². The maximum Gasteiger partial charge on any atom is 0.330 e. The number of carboxylic acids is 1. The molecule has 122 valence electrons. The standard InChI is InChI=1S/C17H25NO4/c1-3-10-17(22,11-4-2)12-14(19)18-15(16(20)21)13-8-6-5-7-9-13/h5-9,15,22H,3-4,10-12H2,1-2H3,(H,18,19)(H,20,21). The van der Waals surface area contributed by atoms with Crippen LogP contribution in [0.2, 0.25) is 0 Å². The van der Waals surface area contributed by atoms with Crippen LogP contribution in [0.5, 0.6) is 0 Å². The van der Waals surface area contributed by atoms with Gasteiger partial charge in [-0.2, -0.15) is 0 Å². The summed E-state index contributed by atoms with van der Waals surface area (Å²) < 4.78 is 0. The lowest BCUT2D eigenvalue weighted by atomic mass is 9.89. The molecule has 0 heterocycles. The molecular weight excluding hydrogens is 282 g/mol. The molecule has 0 radical (unpaired) electrons. The molecule has 0 bridgehead atoms. The van der Waals surface area contributed by atoms with E-state index in [2.05, 4.69) is 5.32 Å². The van der Waals surface area contributed by atoms with Crippen LogP contribution >= 0.6 is 0 Å². The van der Waals surface area contributed by atoms with E-state index in [-0.39, 0.29) is 6.42 Å². The minimum atomic E-state index is -1.12. The molecule has 1 aromatic carbocycles. The lowest BCUT2D eigenvalue weighted by molar-refractivity contribution is -0.143. The molecule has 0 saturated heterocycles. The van der Waals surface area contributed by atoms with Crippen LogP contribution in [0.1, 0.15) is 57.6 Å². The van der Waals surface area contributed by atoms with Crippen molar-refractivity contribution in [3.8, 4) is 0 Å². The van der Waals surface area contributed by atoms with E-state index in [0.29, 0.717) is 18.4 Å². The fourth-order valence-electron chi connectivity index (χ4n) is 2.68. The van der Waals surface area contributed by atoms with Crippen LogP contribution in [-0.2, 0) is 9.59 Å². The van der Waals surface area contributed by atoms with Crippen molar-refractivity contribution in [2.45, 2.75) is 57.6 Å². The second kappa shape index (κ2) is 8.54. The Balaban J connectivity index is 2.77. The Labute approximate surface area is 131 Å². The van der Waals surface area contributed by atoms with Crippen LogP contribution in [0.25, 0.3) is 0 Å². The third-order valence-corrected chi connectivity index (χ3v) is 3.61. The van der Waals surface area contributed by atoms with E-state index in [1.807, 2.05) is 13.8 Å². The highest BCUT2D eigenvalue weighted by Crippen LogP contribution is 2.24. The van der Waals surface area contributed by atoms with E-state index in [1.54, 1.807) is 30.3 Å². The quantitative estimate of drug-likeness (QED) is 0.654. The van der Waals surface area contributed by atoms with Gasteiger partial charge >= 0.3 is 5.97 Å². The number of amides is 1. The molecule has 3 N–H and O–H groups in total. The molecule has 0 saturated carbocycles. The van der Waals surface area contributed by atoms with Crippen molar-refractivity contribution < 1.29 is 19.8 Å². The van der Waals surface area contributed by atoms with E-state index in [9.17, 15) is 19.8 Å². The van der Waals surface area contributed by atoms with Crippen LogP contribution in [0, 0.1) is 0 Å². The smallest absolute Gasteiger partial charge is 0.330 e. The van der Waals surface area contributed by atoms with Crippen LogP contribution < -0.4 is 5.32 Å². The second-order valence-electron chi connectivity index (χ2n) is 5.65. The first kappa shape index (κ1) is 18.2. The summed E-state index contributed by atoms with van der Waals surface area (Å²) in [5.41, 5.74) is -0.550. The van der Waals surface area contributed by atoms with Crippen molar-refractivity contribution in [2.75, 3.05) is 0 Å². The first-order valence-electron chi connectivity index (χ1n) is 7.71. The van der Waals surface area contributed by atoms with Gasteiger partial charge in [0, 0.05) is 0 Å². The Morgan fingerprint density at radius 3 is 2.14 bits per heavy atom. The Bertz CT molecular complexity index is 481. The number of nitrogens with one attached hydrogen (secondary N) is 1. The van der Waals surface area contributed by atoms with Gasteiger partial charge in [0.05, 0.1) is 12.0 Å². The molecule has 1 unspecified atom stereocenters. The zero-order chi connectivity index (χ0) is 16.6. The number of rotatable bonds is 9. The lowest BCUT2D eigenvalue weighted by Gasteiger charge is -2.27. The van der Waals surface area contributed by atoms with Gasteiger partial charge in [0.15, 0.2) is 6.04 Å². The largest absolute Gasteiger partial charge is 0.479 e. The number of carbonyl (C=O) groups excluding carboxylic acids is 1. The molecule has 1 amide bonds. The molecule has 0 aliphatic heterocycles. The highest BCUT2D eigenvalue weighted by Gasteiger charge is 2.30. The van der Waals surface area contributed by atoms with Crippen molar-refractivity contribution in [3.63, 3.8) is 0 Å². The Kier molecular flexibility index (Phi) is 7.05. The summed E-state index contributed by atoms with van der Waals surface area (Å²) in [6, 6.07) is 7.45. The van der Waals surface area contributed by atoms with Crippen molar-refractivity contribution >= 4 is 11.9 Å². The molecule has 22 heavy (non-hydrogen) atoms. The topological polar surface area (TPSA) is 86.6 Å². The Hall–Kier alpha value is -1.88. The number of aliphatic hydroxyl groups is 1. The fourth-order valence-corrected chi connectivity index (χ4v) is 2.68. The average Bonchev–Trinajstić information content (AvgIpc) is 2.45. The number of hydrogen-bond donors (Lipinski definition) is 3. The third-order valence-electron chi connectivity index (χ3n) is 3.61. The Morgan fingerprint density at radius 2 is 1.68 bits per heavy atom. The van der Waals surface area contributed by atoms with Crippen LogP contribution in [0.3, 0.4) is 0 Å². The molecule has 0 fully saturated rings. The van der Waals surface area contributed by atoms with Crippen LogP contribution in [0.4, 0.5) is 0 Å². The SMILES string of the molecule is CCCC(O)(CCC)CC(=O)NC(C(=O)O)c1ccccc1. The van der Waals surface area contributed by atoms with Gasteiger partial charge in [0.1, 0.15) is 0 Å². The molecule has 0 aliphatic carbocycles. The normalized spacial score (nSPS) is 12.7. The molecular formula is C17H25NO4. The monoisotopic (exact) mass is 307 g/mol. The second-order valence-corrected chi connectivity index (χ2v) is 5.65. The van der Waals surface area contributed by atoms with Crippen molar-refractivity contribution in [1.82, 2.24) is 5.32 Å². The van der Waals surface area contributed by atoms with Gasteiger partial charge in [0.25, 0.3) is 0 Å². The van der Waals surface area contributed by atoms with Gasteiger partial charge < -0.3 is 15.5 Å². The first-order chi connectivity index (χ1) is 10.4. The summed E-state index contributed by atoms with van der Waals surface area (Å²) in [7, 11) is 0. The number of hydrogen-bond acceptors (Lipinski definition) is 3. The van der Waals surface area contributed by atoms with E-state index in [1.165, 1.54) is 0 Å². The minimum absolute atomic E-state index is 0.0781. The lowest BCUT2D eigenvalue weighted by Crippen LogP contribution is -2.40. The molecule has 1 aromatic rings. The van der Waals surface area contributed by atoms with Gasteiger partial charge in [0.2, 0.25) is 5.91 Å². The van der Waals surface area contributed by atoms with Crippen molar-refractivity contribution in [1.29, 1.82) is 0 Å². The Morgan fingerprint density at radius 1 is 1.14 bits per heavy atom. The van der Waals surface area contributed by atoms with Crippen LogP contribution in [-0.4, -0.2) is 27.7 Å². The first-order valence-corrected chi connectivity index (χ1v) is 7.71. The maximum atomic E-state index is 12.2. The summed E-state index contributed by atoms with van der Waals surface area (Å²) in [6.45, 7) is 3.89.